The Morgan fingerprint density at radius 1 is 1.04 bits per heavy atom. The molecule has 26 heavy (non-hydrogen) atoms. The van der Waals surface area contributed by atoms with E-state index < -0.39 is 18.7 Å². The van der Waals surface area contributed by atoms with Crippen LogP contribution in [-0.2, 0) is 6.42 Å². The van der Waals surface area contributed by atoms with E-state index in [-0.39, 0.29) is 17.6 Å². The average molecular weight is 346 g/mol. The first-order valence-corrected chi connectivity index (χ1v) is 7.86. The molecule has 128 valence electrons. The second kappa shape index (κ2) is 6.81. The summed E-state index contributed by atoms with van der Waals surface area (Å²) in [5, 5.41) is 47.4. The Morgan fingerprint density at radius 2 is 1.69 bits per heavy atom. The Hall–Kier alpha value is -3.45. The molecule has 0 spiro atoms. The molecule has 1 atom stereocenters. The minimum absolute atomic E-state index is 0.0555. The number of aliphatic hydroxyl groups excluding tert-OH is 2. The Bertz CT molecular complexity index is 1010. The van der Waals surface area contributed by atoms with Gasteiger partial charge in [-0.15, -0.1) is 0 Å². The van der Waals surface area contributed by atoms with Crippen molar-refractivity contribution in [2.45, 2.75) is 12.5 Å². The number of carbonyl (C=O) groups is 1. The van der Waals surface area contributed by atoms with Crippen molar-refractivity contribution in [1.29, 1.82) is 10.5 Å². The molecular formula is C20H14N2O4. The number of carboxylic acid groups (broad SMARTS) is 1. The molecule has 0 heterocycles. The van der Waals surface area contributed by atoms with Crippen LogP contribution in [0.15, 0.2) is 42.0 Å². The lowest BCUT2D eigenvalue weighted by Gasteiger charge is -2.15. The fraction of sp³-hybridized carbons (Fsp3) is 0.150. The number of fused-ring (bicyclic) bond motifs is 3. The molecule has 0 bridgehead atoms. The number of aliphatic hydroxyl groups is 2. The van der Waals surface area contributed by atoms with Crippen LogP contribution in [0, 0.1) is 22.7 Å². The molecule has 2 aromatic carbocycles. The first-order chi connectivity index (χ1) is 12.5. The number of carboxylic acids is 1. The van der Waals surface area contributed by atoms with E-state index in [0.29, 0.717) is 33.4 Å². The summed E-state index contributed by atoms with van der Waals surface area (Å²) < 4.78 is 0. The summed E-state index contributed by atoms with van der Waals surface area (Å²) in [7, 11) is 0. The van der Waals surface area contributed by atoms with E-state index in [2.05, 4.69) is 0 Å². The van der Waals surface area contributed by atoms with Gasteiger partial charge in [-0.2, -0.15) is 10.5 Å². The Morgan fingerprint density at radius 3 is 2.27 bits per heavy atom. The van der Waals surface area contributed by atoms with Crippen LogP contribution in [0.3, 0.4) is 0 Å². The molecule has 1 aliphatic carbocycles. The van der Waals surface area contributed by atoms with Crippen LogP contribution in [0.2, 0.25) is 0 Å². The molecule has 2 aromatic rings. The lowest BCUT2D eigenvalue weighted by Crippen LogP contribution is -2.16. The topological polar surface area (TPSA) is 125 Å². The molecule has 6 nitrogen and oxygen atoms in total. The van der Waals surface area contributed by atoms with Gasteiger partial charge in [-0.25, -0.2) is 4.79 Å². The number of hydrogen-bond acceptors (Lipinski definition) is 5. The number of nitriles is 2. The van der Waals surface area contributed by atoms with Gasteiger partial charge in [0.25, 0.3) is 0 Å². The fourth-order valence-electron chi connectivity index (χ4n) is 3.33. The first kappa shape index (κ1) is 17.4. The summed E-state index contributed by atoms with van der Waals surface area (Å²) in [6.07, 6.45) is -0.965. The van der Waals surface area contributed by atoms with Crippen LogP contribution in [0.5, 0.6) is 0 Å². The van der Waals surface area contributed by atoms with Crippen molar-refractivity contribution >= 4 is 11.5 Å². The van der Waals surface area contributed by atoms with Crippen molar-refractivity contribution in [3.05, 3.63) is 64.2 Å². The molecule has 3 N–H and O–H groups in total. The Labute approximate surface area is 149 Å². The number of nitrogens with zero attached hydrogens (tertiary/aromatic N) is 2. The highest BCUT2D eigenvalue weighted by Crippen LogP contribution is 2.48. The van der Waals surface area contributed by atoms with E-state index in [0.717, 1.165) is 0 Å². The van der Waals surface area contributed by atoms with Gasteiger partial charge in [-0.05, 0) is 28.3 Å². The van der Waals surface area contributed by atoms with Crippen molar-refractivity contribution in [2.24, 2.45) is 0 Å². The number of rotatable bonds is 4. The van der Waals surface area contributed by atoms with Crippen LogP contribution in [-0.4, -0.2) is 34.0 Å². The first-order valence-electron chi connectivity index (χ1n) is 7.86. The maximum Gasteiger partial charge on any atom is 0.336 e. The normalized spacial score (nSPS) is 12.5. The average Bonchev–Trinajstić information content (AvgIpc) is 2.99. The quantitative estimate of drug-likeness (QED) is 0.621. The second-order valence-corrected chi connectivity index (χ2v) is 5.89. The van der Waals surface area contributed by atoms with Crippen molar-refractivity contribution in [2.75, 3.05) is 6.61 Å². The smallest absolute Gasteiger partial charge is 0.336 e. The van der Waals surface area contributed by atoms with Gasteiger partial charge in [0.1, 0.15) is 17.7 Å². The molecule has 1 aliphatic rings. The summed E-state index contributed by atoms with van der Waals surface area (Å²) in [6.45, 7) is -0.454. The highest BCUT2D eigenvalue weighted by molar-refractivity contribution is 6.11. The minimum Gasteiger partial charge on any atom is -0.478 e. The molecule has 0 saturated heterocycles. The Balaban J connectivity index is 2.45. The largest absolute Gasteiger partial charge is 0.478 e. The van der Waals surface area contributed by atoms with Crippen LogP contribution in [0.4, 0.5) is 0 Å². The maximum atomic E-state index is 11.7. The van der Waals surface area contributed by atoms with Gasteiger partial charge in [0.2, 0.25) is 0 Å². The van der Waals surface area contributed by atoms with Crippen LogP contribution >= 0.6 is 0 Å². The number of benzene rings is 2. The summed E-state index contributed by atoms with van der Waals surface area (Å²) in [5.74, 6) is -1.12. The predicted molar refractivity (Wildman–Crippen MR) is 92.9 cm³/mol. The second-order valence-electron chi connectivity index (χ2n) is 5.89. The van der Waals surface area contributed by atoms with Gasteiger partial charge < -0.3 is 15.3 Å². The summed E-state index contributed by atoms with van der Waals surface area (Å²) >= 11 is 0. The van der Waals surface area contributed by atoms with Crippen LogP contribution in [0.25, 0.3) is 16.7 Å². The van der Waals surface area contributed by atoms with Gasteiger partial charge in [0.05, 0.1) is 18.3 Å². The molecule has 1 unspecified atom stereocenters. The number of hydrogen-bond donors (Lipinski definition) is 3. The molecule has 0 aliphatic heterocycles. The lowest BCUT2D eigenvalue weighted by atomic mass is 9.90. The van der Waals surface area contributed by atoms with Crippen molar-refractivity contribution in [3.8, 4) is 23.3 Å². The van der Waals surface area contributed by atoms with Gasteiger partial charge in [0, 0.05) is 17.6 Å². The van der Waals surface area contributed by atoms with E-state index in [4.69, 9.17) is 5.11 Å². The molecular weight excluding hydrogens is 332 g/mol. The zero-order valence-electron chi connectivity index (χ0n) is 13.6. The van der Waals surface area contributed by atoms with Gasteiger partial charge >= 0.3 is 5.97 Å². The van der Waals surface area contributed by atoms with E-state index in [1.54, 1.807) is 30.3 Å². The van der Waals surface area contributed by atoms with Crippen molar-refractivity contribution < 1.29 is 20.1 Å². The molecule has 0 amide bonds. The molecule has 3 rings (SSSR count). The monoisotopic (exact) mass is 346 g/mol. The molecule has 0 radical (unpaired) electrons. The zero-order chi connectivity index (χ0) is 18.8. The zero-order valence-corrected chi connectivity index (χ0v) is 13.6. The van der Waals surface area contributed by atoms with E-state index >= 15 is 0 Å². The molecule has 6 heteroatoms. The van der Waals surface area contributed by atoms with Crippen LogP contribution < -0.4 is 0 Å². The maximum absolute atomic E-state index is 11.7. The van der Waals surface area contributed by atoms with Gasteiger partial charge in [0.15, 0.2) is 0 Å². The third kappa shape index (κ3) is 2.64. The summed E-state index contributed by atoms with van der Waals surface area (Å²) in [6, 6.07) is 13.7. The standard InChI is InChI=1S/C20H14N2O4/c21-8-12(9-22)17-14-3-1-2-4-15(14)19-16(20(25)26)6-5-11(18(17)19)7-13(24)10-23/h1-6,13,23-24H,7,10H2,(H,25,26). The highest BCUT2D eigenvalue weighted by Gasteiger charge is 2.32. The fourth-order valence-corrected chi connectivity index (χ4v) is 3.33. The van der Waals surface area contributed by atoms with E-state index in [1.807, 2.05) is 12.1 Å². The molecule has 0 fully saturated rings. The predicted octanol–water partition coefficient (Wildman–Crippen LogP) is 2.11. The third-order valence-electron chi connectivity index (χ3n) is 4.38. The number of allylic oxidation sites excluding steroid dienone is 1. The van der Waals surface area contributed by atoms with Gasteiger partial charge in [-0.3, -0.25) is 0 Å². The third-order valence-corrected chi connectivity index (χ3v) is 4.38. The van der Waals surface area contributed by atoms with Crippen LogP contribution in [0.1, 0.15) is 27.0 Å². The lowest BCUT2D eigenvalue weighted by molar-refractivity contribution is 0.0697. The summed E-state index contributed by atoms with van der Waals surface area (Å²) in [5.41, 5.74) is 2.97. The SMILES string of the molecule is N#CC(C#N)=C1c2ccccc2-c2c(C(=O)O)ccc(CC(O)CO)c21. The van der Waals surface area contributed by atoms with Gasteiger partial charge in [-0.1, -0.05) is 30.3 Å². The van der Waals surface area contributed by atoms with Crippen molar-refractivity contribution in [1.82, 2.24) is 0 Å². The molecule has 0 aromatic heterocycles. The number of aromatic carboxylic acids is 1. The minimum atomic E-state index is -1.12. The Kier molecular flexibility index (Phi) is 4.55. The summed E-state index contributed by atoms with van der Waals surface area (Å²) in [4.78, 5) is 11.7. The molecule has 0 saturated carbocycles. The van der Waals surface area contributed by atoms with Crippen molar-refractivity contribution in [3.63, 3.8) is 0 Å². The van der Waals surface area contributed by atoms with E-state index in [9.17, 15) is 25.5 Å². The highest BCUT2D eigenvalue weighted by atomic mass is 16.4. The van der Waals surface area contributed by atoms with E-state index in [1.165, 1.54) is 6.07 Å².